The van der Waals surface area contributed by atoms with Crippen molar-refractivity contribution in [2.45, 2.75) is 6.42 Å². The zero-order valence-electron chi connectivity index (χ0n) is 11.9. The highest BCUT2D eigenvalue weighted by Gasteiger charge is 2.22. The van der Waals surface area contributed by atoms with Crippen LogP contribution in [-0.2, 0) is 13.5 Å². The predicted octanol–water partition coefficient (Wildman–Crippen LogP) is 3.94. The van der Waals surface area contributed by atoms with Crippen molar-refractivity contribution in [3.05, 3.63) is 63.8 Å². The lowest BCUT2D eigenvalue weighted by Gasteiger charge is -2.06. The number of nitrogens with zero attached hydrogens (tertiary/aromatic N) is 1. The number of aromatic carboxylic acids is 1. The molecule has 2 N–H and O–H groups in total. The molecule has 0 amide bonds. The highest BCUT2D eigenvalue weighted by atomic mass is 79.9. The van der Waals surface area contributed by atoms with E-state index < -0.39 is 5.97 Å². The van der Waals surface area contributed by atoms with E-state index in [0.717, 1.165) is 11.1 Å². The number of carbonyl (C=O) groups is 1. The van der Waals surface area contributed by atoms with Crippen LogP contribution in [0.25, 0.3) is 10.9 Å². The Balaban J connectivity index is 2.26. The number of rotatable bonds is 3. The van der Waals surface area contributed by atoms with Gasteiger partial charge in [0.25, 0.3) is 0 Å². The Labute approximate surface area is 135 Å². The summed E-state index contributed by atoms with van der Waals surface area (Å²) in [5.74, 6) is -0.954. The van der Waals surface area contributed by atoms with Crippen LogP contribution in [0.15, 0.2) is 46.9 Å². The van der Waals surface area contributed by atoms with Crippen LogP contribution >= 0.6 is 15.9 Å². The van der Waals surface area contributed by atoms with Crippen molar-refractivity contribution in [3.63, 3.8) is 0 Å². The Bertz CT molecular complexity index is 869. The van der Waals surface area contributed by atoms with Crippen LogP contribution < -0.4 is 0 Å². The minimum Gasteiger partial charge on any atom is -0.507 e. The van der Waals surface area contributed by atoms with Crippen molar-refractivity contribution in [2.24, 2.45) is 7.05 Å². The molecule has 0 aliphatic heterocycles. The fraction of sp³-hybridized carbons (Fsp3) is 0.118. The molecule has 0 bridgehead atoms. The van der Waals surface area contributed by atoms with Gasteiger partial charge in [0.2, 0.25) is 0 Å². The second kappa shape index (κ2) is 5.50. The minimum absolute atomic E-state index is 0.0341. The molecule has 3 aromatic rings. The topological polar surface area (TPSA) is 62.5 Å². The largest absolute Gasteiger partial charge is 0.507 e. The first kappa shape index (κ1) is 14.7. The summed E-state index contributed by atoms with van der Waals surface area (Å²) in [5, 5.41) is 20.0. The van der Waals surface area contributed by atoms with Crippen molar-refractivity contribution in [1.29, 1.82) is 0 Å². The summed E-state index contributed by atoms with van der Waals surface area (Å²) in [6.45, 7) is 0. The summed E-state index contributed by atoms with van der Waals surface area (Å²) in [6.07, 6.45) is 0.520. The monoisotopic (exact) mass is 359 g/mol. The summed E-state index contributed by atoms with van der Waals surface area (Å²) in [5.41, 5.74) is 2.77. The Morgan fingerprint density at radius 3 is 2.55 bits per heavy atom. The number of hydrogen-bond acceptors (Lipinski definition) is 2. The smallest absolute Gasteiger partial charge is 0.338 e. The highest BCUT2D eigenvalue weighted by molar-refractivity contribution is 9.10. The molecule has 3 rings (SSSR count). The number of fused-ring (bicyclic) bond motifs is 1. The highest BCUT2D eigenvalue weighted by Crippen LogP contribution is 2.34. The first-order valence-electron chi connectivity index (χ1n) is 6.76. The third kappa shape index (κ3) is 2.37. The number of aromatic nitrogens is 1. The van der Waals surface area contributed by atoms with E-state index in [4.69, 9.17) is 0 Å². The number of phenolic OH excluding ortho intramolecular Hbond substituents is 1. The van der Waals surface area contributed by atoms with Gasteiger partial charge in [-0.05, 0) is 33.6 Å². The van der Waals surface area contributed by atoms with E-state index >= 15 is 0 Å². The van der Waals surface area contributed by atoms with Gasteiger partial charge in [0.1, 0.15) is 5.75 Å². The van der Waals surface area contributed by atoms with E-state index in [2.05, 4.69) is 15.9 Å². The molecule has 0 fully saturated rings. The van der Waals surface area contributed by atoms with Gasteiger partial charge in [-0.15, -0.1) is 0 Å². The molecule has 2 aromatic carbocycles. The normalized spacial score (nSPS) is 11.0. The van der Waals surface area contributed by atoms with Gasteiger partial charge in [-0.1, -0.05) is 30.3 Å². The molecule has 0 radical (unpaired) electrons. The number of hydrogen-bond donors (Lipinski definition) is 2. The van der Waals surface area contributed by atoms with Gasteiger partial charge < -0.3 is 14.8 Å². The average Bonchev–Trinajstić information content (AvgIpc) is 2.74. The van der Waals surface area contributed by atoms with Crippen LogP contribution in [0.2, 0.25) is 0 Å². The molecule has 5 heteroatoms. The van der Waals surface area contributed by atoms with Gasteiger partial charge in [-0.2, -0.15) is 0 Å². The van der Waals surface area contributed by atoms with Gasteiger partial charge in [0.05, 0.1) is 15.6 Å². The summed E-state index contributed by atoms with van der Waals surface area (Å²) in [6, 6.07) is 13.0. The molecule has 0 aliphatic carbocycles. The predicted molar refractivity (Wildman–Crippen MR) is 88.5 cm³/mol. The molecule has 0 saturated carbocycles. The molecule has 112 valence electrons. The van der Waals surface area contributed by atoms with E-state index in [1.807, 2.05) is 41.9 Å². The zero-order valence-corrected chi connectivity index (χ0v) is 13.5. The second-order valence-electron chi connectivity index (χ2n) is 5.17. The molecule has 0 saturated heterocycles. The number of halogens is 1. The summed E-state index contributed by atoms with van der Waals surface area (Å²) in [4.78, 5) is 11.7. The van der Waals surface area contributed by atoms with Gasteiger partial charge in [-0.3, -0.25) is 0 Å². The molecule has 22 heavy (non-hydrogen) atoms. The third-order valence-electron chi connectivity index (χ3n) is 3.82. The molecule has 0 unspecified atom stereocenters. The Hall–Kier alpha value is -2.27. The molecule has 0 atom stereocenters. The summed E-state index contributed by atoms with van der Waals surface area (Å²) < 4.78 is 2.42. The second-order valence-corrected chi connectivity index (χ2v) is 6.02. The third-order valence-corrected chi connectivity index (χ3v) is 4.45. The fourth-order valence-corrected chi connectivity index (χ4v) is 3.06. The lowest BCUT2D eigenvalue weighted by atomic mass is 10.0. The molecular weight excluding hydrogens is 346 g/mol. The van der Waals surface area contributed by atoms with E-state index in [1.165, 1.54) is 6.07 Å². The van der Waals surface area contributed by atoms with Crippen molar-refractivity contribution in [2.75, 3.05) is 0 Å². The van der Waals surface area contributed by atoms with E-state index in [0.29, 0.717) is 22.0 Å². The van der Waals surface area contributed by atoms with Crippen LogP contribution in [0.1, 0.15) is 21.6 Å². The van der Waals surface area contributed by atoms with Gasteiger partial charge in [0.15, 0.2) is 0 Å². The van der Waals surface area contributed by atoms with Crippen LogP contribution in [0.5, 0.6) is 5.75 Å². The van der Waals surface area contributed by atoms with Gasteiger partial charge in [-0.25, -0.2) is 4.79 Å². The first-order chi connectivity index (χ1) is 10.5. The molecule has 0 spiro atoms. The first-order valence-corrected chi connectivity index (χ1v) is 7.55. The minimum atomic E-state index is -0.988. The van der Waals surface area contributed by atoms with Gasteiger partial charge >= 0.3 is 5.97 Å². The fourth-order valence-electron chi connectivity index (χ4n) is 2.73. The summed E-state index contributed by atoms with van der Waals surface area (Å²) in [7, 11) is 1.84. The van der Waals surface area contributed by atoms with Crippen LogP contribution in [-0.4, -0.2) is 20.7 Å². The summed E-state index contributed by atoms with van der Waals surface area (Å²) >= 11 is 3.28. The number of carboxylic acid groups (broad SMARTS) is 1. The van der Waals surface area contributed by atoms with E-state index in [1.54, 1.807) is 6.07 Å². The molecule has 1 heterocycles. The van der Waals surface area contributed by atoms with Crippen LogP contribution in [0, 0.1) is 0 Å². The van der Waals surface area contributed by atoms with Crippen LogP contribution in [0.3, 0.4) is 0 Å². The van der Waals surface area contributed by atoms with Crippen molar-refractivity contribution < 1.29 is 15.0 Å². The number of carboxylic acids is 1. The van der Waals surface area contributed by atoms with Gasteiger partial charge in [0, 0.05) is 24.5 Å². The zero-order chi connectivity index (χ0) is 15.9. The average molecular weight is 360 g/mol. The molecule has 1 aromatic heterocycles. The Morgan fingerprint density at radius 1 is 1.23 bits per heavy atom. The quantitative estimate of drug-likeness (QED) is 0.744. The SMILES string of the molecule is Cn1c(Cc2ccccc2)c(C(=O)O)c2cc(O)c(Br)cc21. The Kier molecular flexibility index (Phi) is 3.66. The number of aryl methyl sites for hydroxylation is 1. The maximum atomic E-state index is 11.7. The van der Waals surface area contributed by atoms with Crippen molar-refractivity contribution in [1.82, 2.24) is 4.57 Å². The van der Waals surface area contributed by atoms with Crippen molar-refractivity contribution >= 4 is 32.8 Å². The van der Waals surface area contributed by atoms with Crippen LogP contribution in [0.4, 0.5) is 0 Å². The molecule has 0 aliphatic rings. The number of phenols is 1. The maximum absolute atomic E-state index is 11.7. The maximum Gasteiger partial charge on any atom is 0.338 e. The lowest BCUT2D eigenvalue weighted by molar-refractivity contribution is 0.0697. The number of aromatic hydroxyl groups is 1. The lowest BCUT2D eigenvalue weighted by Crippen LogP contribution is -2.05. The standard InChI is InChI=1S/C17H14BrNO3/c1-19-13-9-12(18)15(20)8-11(13)16(17(21)22)14(19)7-10-5-3-2-4-6-10/h2-6,8-9,20H,7H2,1H3,(H,21,22). The van der Waals surface area contributed by atoms with Crippen molar-refractivity contribution in [3.8, 4) is 5.75 Å². The Morgan fingerprint density at radius 2 is 1.91 bits per heavy atom. The molecular formula is C17H14BrNO3. The van der Waals surface area contributed by atoms with E-state index in [-0.39, 0.29) is 11.3 Å². The number of benzene rings is 2. The molecule has 4 nitrogen and oxygen atoms in total. The van der Waals surface area contributed by atoms with E-state index in [9.17, 15) is 15.0 Å².